The van der Waals surface area contributed by atoms with Crippen molar-refractivity contribution in [1.82, 2.24) is 0 Å². The van der Waals surface area contributed by atoms with E-state index >= 15 is 0 Å². The van der Waals surface area contributed by atoms with Gasteiger partial charge in [0, 0.05) is 0 Å². The molecule has 0 bridgehead atoms. The average molecular weight is 226 g/mol. The first-order valence-electron chi connectivity index (χ1n) is 4.14. The molecular formula is C10H8ClNO3. The molecule has 1 unspecified atom stereocenters. The first kappa shape index (κ1) is 11.3. The minimum absolute atomic E-state index is 0.0881. The van der Waals surface area contributed by atoms with Gasteiger partial charge in [-0.25, -0.2) is 4.79 Å². The number of aromatic carboxylic acids is 1. The minimum atomic E-state index is -1.18. The van der Waals surface area contributed by atoms with Crippen molar-refractivity contribution in [2.24, 2.45) is 0 Å². The Bertz CT molecular complexity index is 425. The normalized spacial score (nSPS) is 11.5. The van der Waals surface area contributed by atoms with Crippen molar-refractivity contribution < 1.29 is 14.6 Å². The Morgan fingerprint density at radius 2 is 2.33 bits per heavy atom. The summed E-state index contributed by atoms with van der Waals surface area (Å²) in [7, 11) is 0. The molecule has 1 rings (SSSR count). The van der Waals surface area contributed by atoms with Crippen LogP contribution in [-0.4, -0.2) is 17.2 Å². The summed E-state index contributed by atoms with van der Waals surface area (Å²) in [6.07, 6.45) is -0.721. The lowest BCUT2D eigenvalue weighted by molar-refractivity contribution is 0.0691. The summed E-state index contributed by atoms with van der Waals surface area (Å²) >= 11 is 5.71. The van der Waals surface area contributed by atoms with Gasteiger partial charge in [-0.15, -0.1) is 0 Å². The van der Waals surface area contributed by atoms with Crippen molar-refractivity contribution in [2.45, 2.75) is 13.0 Å². The molecule has 0 fully saturated rings. The third-order valence-corrected chi connectivity index (χ3v) is 1.99. The lowest BCUT2D eigenvalue weighted by Crippen LogP contribution is -2.11. The standard InChI is InChI=1S/C10H8ClNO3/c1-6(5-12)15-8-4-2-3-7(11)9(8)10(13)14/h2-4,6H,1H3,(H,13,14). The third-order valence-electron chi connectivity index (χ3n) is 1.67. The number of rotatable bonds is 3. The Morgan fingerprint density at radius 3 is 2.87 bits per heavy atom. The van der Waals surface area contributed by atoms with Gasteiger partial charge in [0.2, 0.25) is 0 Å². The van der Waals surface area contributed by atoms with Gasteiger partial charge in [-0.2, -0.15) is 5.26 Å². The van der Waals surface area contributed by atoms with E-state index in [0.29, 0.717) is 0 Å². The molecule has 15 heavy (non-hydrogen) atoms. The highest BCUT2D eigenvalue weighted by Crippen LogP contribution is 2.26. The van der Waals surface area contributed by atoms with E-state index in [1.807, 2.05) is 6.07 Å². The van der Waals surface area contributed by atoms with Crippen molar-refractivity contribution in [3.05, 3.63) is 28.8 Å². The van der Waals surface area contributed by atoms with Crippen LogP contribution < -0.4 is 4.74 Å². The van der Waals surface area contributed by atoms with Crippen molar-refractivity contribution in [3.63, 3.8) is 0 Å². The molecule has 0 saturated carbocycles. The number of benzene rings is 1. The smallest absolute Gasteiger partial charge is 0.341 e. The Hall–Kier alpha value is -1.73. The van der Waals surface area contributed by atoms with Crippen LogP contribution in [0.15, 0.2) is 18.2 Å². The lowest BCUT2D eigenvalue weighted by atomic mass is 10.2. The summed E-state index contributed by atoms with van der Waals surface area (Å²) in [5.41, 5.74) is -0.124. The van der Waals surface area contributed by atoms with E-state index in [4.69, 9.17) is 26.7 Å². The number of carboxylic acid groups (broad SMARTS) is 1. The van der Waals surface area contributed by atoms with Crippen LogP contribution in [-0.2, 0) is 0 Å². The largest absolute Gasteiger partial charge is 0.478 e. The molecule has 0 aliphatic rings. The number of nitrogens with zero attached hydrogens (tertiary/aromatic N) is 1. The summed E-state index contributed by atoms with van der Waals surface area (Å²) in [6, 6.07) is 6.32. The number of hydrogen-bond donors (Lipinski definition) is 1. The van der Waals surface area contributed by atoms with Gasteiger partial charge in [0.25, 0.3) is 0 Å². The van der Waals surface area contributed by atoms with Gasteiger partial charge in [0.05, 0.1) is 5.02 Å². The number of nitriles is 1. The van der Waals surface area contributed by atoms with E-state index < -0.39 is 12.1 Å². The molecule has 78 valence electrons. The SMILES string of the molecule is CC(C#N)Oc1cccc(Cl)c1C(=O)O. The van der Waals surface area contributed by atoms with Crippen LogP contribution in [0.25, 0.3) is 0 Å². The third kappa shape index (κ3) is 2.61. The fraction of sp³-hybridized carbons (Fsp3) is 0.200. The molecule has 0 heterocycles. The molecule has 0 aliphatic carbocycles. The maximum atomic E-state index is 10.9. The van der Waals surface area contributed by atoms with Gasteiger partial charge in [-0.1, -0.05) is 17.7 Å². The van der Waals surface area contributed by atoms with E-state index in [1.54, 1.807) is 6.07 Å². The zero-order valence-corrected chi connectivity index (χ0v) is 8.65. The van der Waals surface area contributed by atoms with Crippen LogP contribution in [0, 0.1) is 11.3 Å². The molecule has 0 amide bonds. The van der Waals surface area contributed by atoms with Crippen molar-refractivity contribution in [3.8, 4) is 11.8 Å². The number of ether oxygens (including phenoxy) is 1. The maximum Gasteiger partial charge on any atom is 0.341 e. The second-order valence-electron chi connectivity index (χ2n) is 2.81. The summed E-state index contributed by atoms with van der Waals surface area (Å²) in [5.74, 6) is -1.08. The number of hydrogen-bond acceptors (Lipinski definition) is 3. The van der Waals surface area contributed by atoms with Crippen LogP contribution in [0.1, 0.15) is 17.3 Å². The molecule has 1 N–H and O–H groups in total. The molecule has 0 radical (unpaired) electrons. The van der Waals surface area contributed by atoms with Gasteiger partial charge in [-0.05, 0) is 19.1 Å². The second kappa shape index (κ2) is 4.67. The number of halogens is 1. The van der Waals surface area contributed by atoms with Gasteiger partial charge >= 0.3 is 5.97 Å². The van der Waals surface area contributed by atoms with Gasteiger partial charge in [0.1, 0.15) is 17.4 Å². The van der Waals surface area contributed by atoms with Crippen LogP contribution in [0.4, 0.5) is 0 Å². The molecule has 0 aliphatic heterocycles. The molecule has 1 atom stereocenters. The van der Waals surface area contributed by atoms with E-state index in [1.165, 1.54) is 19.1 Å². The summed E-state index contributed by atoms with van der Waals surface area (Å²) in [5, 5.41) is 17.5. The maximum absolute atomic E-state index is 10.9. The van der Waals surface area contributed by atoms with Gasteiger partial charge in [0.15, 0.2) is 6.10 Å². The highest BCUT2D eigenvalue weighted by molar-refractivity contribution is 6.33. The molecule has 0 saturated heterocycles. The van der Waals surface area contributed by atoms with Crippen LogP contribution >= 0.6 is 11.6 Å². The van der Waals surface area contributed by atoms with Crippen LogP contribution in [0.2, 0.25) is 5.02 Å². The number of carboxylic acids is 1. The molecule has 0 aromatic heterocycles. The van der Waals surface area contributed by atoms with E-state index in [0.717, 1.165) is 0 Å². The summed E-state index contributed by atoms with van der Waals surface area (Å²) in [6.45, 7) is 1.52. The Labute approximate surface area is 91.7 Å². The van der Waals surface area contributed by atoms with Crippen molar-refractivity contribution >= 4 is 17.6 Å². The van der Waals surface area contributed by atoms with E-state index in [2.05, 4.69) is 0 Å². The lowest BCUT2D eigenvalue weighted by Gasteiger charge is -2.10. The van der Waals surface area contributed by atoms with Gasteiger partial charge in [-0.3, -0.25) is 0 Å². The molecule has 1 aromatic carbocycles. The van der Waals surface area contributed by atoms with Crippen molar-refractivity contribution in [1.29, 1.82) is 5.26 Å². The average Bonchev–Trinajstić information content (AvgIpc) is 2.17. The summed E-state index contributed by atoms with van der Waals surface area (Å²) in [4.78, 5) is 10.9. The zero-order chi connectivity index (χ0) is 11.4. The highest BCUT2D eigenvalue weighted by atomic mass is 35.5. The molecule has 0 spiro atoms. The monoisotopic (exact) mass is 225 g/mol. The highest BCUT2D eigenvalue weighted by Gasteiger charge is 2.16. The van der Waals surface area contributed by atoms with Crippen LogP contribution in [0.5, 0.6) is 5.75 Å². The number of carbonyl (C=O) groups is 1. The Kier molecular flexibility index (Phi) is 3.53. The van der Waals surface area contributed by atoms with E-state index in [9.17, 15) is 4.79 Å². The molecule has 4 nitrogen and oxygen atoms in total. The predicted molar refractivity (Wildman–Crippen MR) is 54.1 cm³/mol. The van der Waals surface area contributed by atoms with Crippen LogP contribution in [0.3, 0.4) is 0 Å². The fourth-order valence-electron chi connectivity index (χ4n) is 1.03. The predicted octanol–water partition coefficient (Wildman–Crippen LogP) is 2.33. The quantitative estimate of drug-likeness (QED) is 0.857. The first-order chi connectivity index (χ1) is 7.06. The first-order valence-corrected chi connectivity index (χ1v) is 4.52. The van der Waals surface area contributed by atoms with Gasteiger partial charge < -0.3 is 9.84 Å². The molecular weight excluding hydrogens is 218 g/mol. The summed E-state index contributed by atoms with van der Waals surface area (Å²) < 4.78 is 5.11. The Morgan fingerprint density at radius 1 is 1.67 bits per heavy atom. The fourth-order valence-corrected chi connectivity index (χ4v) is 1.27. The topological polar surface area (TPSA) is 70.3 Å². The molecule has 5 heteroatoms. The minimum Gasteiger partial charge on any atom is -0.478 e. The second-order valence-corrected chi connectivity index (χ2v) is 3.21. The van der Waals surface area contributed by atoms with E-state index in [-0.39, 0.29) is 16.3 Å². The zero-order valence-electron chi connectivity index (χ0n) is 7.90. The molecule has 1 aromatic rings. The Balaban J connectivity index is 3.13. The van der Waals surface area contributed by atoms with Crippen molar-refractivity contribution in [2.75, 3.05) is 0 Å².